The Morgan fingerprint density at radius 2 is 1.92 bits per heavy atom. The number of thiophene rings is 1. The van der Waals surface area contributed by atoms with Crippen LogP contribution in [0.1, 0.15) is 21.1 Å². The average molecular weight is 368 g/mol. The number of carbonyl (C=O) groups excluding carboxylic acids is 1. The Hall–Kier alpha value is -3.00. The SMILES string of the molecule is Cc1csc(C(=O)NCCNc2cc(Nc3ccccn3)nc(C)n2)c1. The largest absolute Gasteiger partial charge is 0.368 e. The van der Waals surface area contributed by atoms with Gasteiger partial charge >= 0.3 is 0 Å². The first-order valence-corrected chi connectivity index (χ1v) is 9.09. The van der Waals surface area contributed by atoms with Crippen LogP contribution < -0.4 is 16.0 Å². The molecule has 0 aliphatic rings. The molecule has 1 amide bonds. The summed E-state index contributed by atoms with van der Waals surface area (Å²) in [5.41, 5.74) is 1.10. The lowest BCUT2D eigenvalue weighted by Gasteiger charge is -2.10. The molecule has 0 bridgehead atoms. The molecule has 0 aromatic carbocycles. The zero-order valence-corrected chi connectivity index (χ0v) is 15.4. The molecule has 3 heterocycles. The number of aryl methyl sites for hydroxylation is 2. The third-order valence-corrected chi connectivity index (χ3v) is 4.48. The van der Waals surface area contributed by atoms with Crippen molar-refractivity contribution in [3.63, 3.8) is 0 Å². The van der Waals surface area contributed by atoms with Gasteiger partial charge in [-0.25, -0.2) is 15.0 Å². The first-order chi connectivity index (χ1) is 12.6. The van der Waals surface area contributed by atoms with Crippen LogP contribution in [0, 0.1) is 13.8 Å². The van der Waals surface area contributed by atoms with Crippen molar-refractivity contribution in [1.82, 2.24) is 20.3 Å². The van der Waals surface area contributed by atoms with Gasteiger partial charge in [0.05, 0.1) is 4.88 Å². The average Bonchev–Trinajstić information content (AvgIpc) is 3.05. The number of anilines is 3. The van der Waals surface area contributed by atoms with Gasteiger partial charge in [-0.15, -0.1) is 11.3 Å². The zero-order valence-electron chi connectivity index (χ0n) is 14.6. The van der Waals surface area contributed by atoms with E-state index in [1.807, 2.05) is 49.6 Å². The van der Waals surface area contributed by atoms with Crippen molar-refractivity contribution >= 4 is 34.7 Å². The Morgan fingerprint density at radius 1 is 1.08 bits per heavy atom. The van der Waals surface area contributed by atoms with Crippen LogP contribution in [0.4, 0.5) is 17.5 Å². The lowest BCUT2D eigenvalue weighted by molar-refractivity contribution is 0.0959. The lowest BCUT2D eigenvalue weighted by atomic mass is 10.3. The van der Waals surface area contributed by atoms with Crippen molar-refractivity contribution < 1.29 is 4.79 Å². The van der Waals surface area contributed by atoms with Crippen LogP contribution in [0.15, 0.2) is 41.9 Å². The van der Waals surface area contributed by atoms with E-state index in [9.17, 15) is 4.79 Å². The van der Waals surface area contributed by atoms with Crippen LogP contribution in [0.5, 0.6) is 0 Å². The summed E-state index contributed by atoms with van der Waals surface area (Å²) in [6.45, 7) is 4.87. The minimum Gasteiger partial charge on any atom is -0.368 e. The quantitative estimate of drug-likeness (QED) is 0.555. The Balaban J connectivity index is 1.52. The summed E-state index contributed by atoms with van der Waals surface area (Å²) in [4.78, 5) is 25.7. The van der Waals surface area contributed by atoms with Gasteiger partial charge in [0, 0.05) is 25.4 Å². The van der Waals surface area contributed by atoms with Gasteiger partial charge in [-0.2, -0.15) is 0 Å². The van der Waals surface area contributed by atoms with Crippen LogP contribution in [0.25, 0.3) is 0 Å². The zero-order chi connectivity index (χ0) is 18.4. The molecule has 0 aliphatic carbocycles. The number of amides is 1. The maximum atomic E-state index is 12.0. The van der Waals surface area contributed by atoms with Crippen molar-refractivity contribution in [2.24, 2.45) is 0 Å². The van der Waals surface area contributed by atoms with Crippen LogP contribution in [-0.4, -0.2) is 33.9 Å². The van der Waals surface area contributed by atoms with E-state index in [2.05, 4.69) is 30.9 Å². The molecule has 26 heavy (non-hydrogen) atoms. The van der Waals surface area contributed by atoms with E-state index >= 15 is 0 Å². The smallest absolute Gasteiger partial charge is 0.261 e. The van der Waals surface area contributed by atoms with Gasteiger partial charge in [0.2, 0.25) is 0 Å². The van der Waals surface area contributed by atoms with E-state index < -0.39 is 0 Å². The number of aromatic nitrogens is 3. The third-order valence-electron chi connectivity index (χ3n) is 3.43. The molecule has 3 rings (SSSR count). The van der Waals surface area contributed by atoms with Crippen LogP contribution in [-0.2, 0) is 0 Å². The minimum absolute atomic E-state index is 0.0544. The van der Waals surface area contributed by atoms with Gasteiger partial charge in [0.1, 0.15) is 23.3 Å². The molecule has 0 atom stereocenters. The molecule has 134 valence electrons. The van der Waals surface area contributed by atoms with Crippen LogP contribution >= 0.6 is 11.3 Å². The first-order valence-electron chi connectivity index (χ1n) is 8.21. The van der Waals surface area contributed by atoms with Crippen molar-refractivity contribution in [3.05, 3.63) is 58.2 Å². The molecule has 0 saturated carbocycles. The van der Waals surface area contributed by atoms with Gasteiger partial charge in [-0.05, 0) is 43.0 Å². The number of hydrogen-bond donors (Lipinski definition) is 3. The predicted molar refractivity (Wildman–Crippen MR) is 104 cm³/mol. The maximum absolute atomic E-state index is 12.0. The fourth-order valence-corrected chi connectivity index (χ4v) is 3.11. The fraction of sp³-hybridized carbons (Fsp3) is 0.222. The number of rotatable bonds is 7. The second-order valence-corrected chi connectivity index (χ2v) is 6.61. The Morgan fingerprint density at radius 3 is 2.65 bits per heavy atom. The van der Waals surface area contributed by atoms with E-state index in [1.165, 1.54) is 11.3 Å². The summed E-state index contributed by atoms with van der Waals surface area (Å²) in [5.74, 6) is 2.66. The first kappa shape index (κ1) is 17.8. The molecule has 0 aliphatic heterocycles. The topological polar surface area (TPSA) is 91.8 Å². The van der Waals surface area contributed by atoms with E-state index in [-0.39, 0.29) is 5.91 Å². The molecule has 0 fully saturated rings. The second-order valence-electron chi connectivity index (χ2n) is 5.70. The highest BCUT2D eigenvalue weighted by molar-refractivity contribution is 7.12. The maximum Gasteiger partial charge on any atom is 0.261 e. The summed E-state index contributed by atoms with van der Waals surface area (Å²) >= 11 is 1.45. The summed E-state index contributed by atoms with van der Waals surface area (Å²) < 4.78 is 0. The number of nitrogens with one attached hydrogen (secondary N) is 3. The summed E-state index contributed by atoms with van der Waals surface area (Å²) in [6.07, 6.45) is 1.72. The molecule has 7 nitrogen and oxygen atoms in total. The number of hydrogen-bond acceptors (Lipinski definition) is 7. The molecule has 0 unspecified atom stereocenters. The molecule has 3 N–H and O–H groups in total. The molecule has 0 spiro atoms. The van der Waals surface area contributed by atoms with Crippen molar-refractivity contribution in [2.45, 2.75) is 13.8 Å². The van der Waals surface area contributed by atoms with E-state index in [1.54, 1.807) is 6.20 Å². The highest BCUT2D eigenvalue weighted by Gasteiger charge is 2.07. The van der Waals surface area contributed by atoms with Gasteiger partial charge in [0.25, 0.3) is 5.91 Å². The monoisotopic (exact) mass is 368 g/mol. The van der Waals surface area contributed by atoms with E-state index in [4.69, 9.17) is 0 Å². The van der Waals surface area contributed by atoms with E-state index in [0.29, 0.717) is 30.5 Å². The Bertz CT molecular complexity index is 880. The van der Waals surface area contributed by atoms with Gasteiger partial charge in [-0.1, -0.05) is 6.07 Å². The molecule has 8 heteroatoms. The predicted octanol–water partition coefficient (Wildman–Crippen LogP) is 3.14. The normalized spacial score (nSPS) is 10.4. The minimum atomic E-state index is -0.0544. The summed E-state index contributed by atoms with van der Waals surface area (Å²) in [5, 5.41) is 11.2. The standard InChI is InChI=1S/C18H20N6OS/c1-12-9-14(26-11-12)18(25)21-8-7-20-16-10-17(23-13(2)22-16)24-15-5-3-4-6-19-15/h3-6,9-11H,7-8H2,1-2H3,(H,21,25)(H2,19,20,22,23,24). The molecule has 0 saturated heterocycles. The van der Waals surface area contributed by atoms with Gasteiger partial charge in [0.15, 0.2) is 0 Å². The highest BCUT2D eigenvalue weighted by atomic mass is 32.1. The summed E-state index contributed by atoms with van der Waals surface area (Å²) in [6, 6.07) is 9.32. The Kier molecular flexibility index (Phi) is 5.75. The second kappa shape index (κ2) is 8.39. The highest BCUT2D eigenvalue weighted by Crippen LogP contribution is 2.15. The number of carbonyl (C=O) groups is 1. The molecular weight excluding hydrogens is 348 g/mol. The Labute approximate surface area is 155 Å². The summed E-state index contributed by atoms with van der Waals surface area (Å²) in [7, 11) is 0. The number of nitrogens with zero attached hydrogens (tertiary/aromatic N) is 3. The van der Waals surface area contributed by atoms with Crippen LogP contribution in [0.3, 0.4) is 0 Å². The third kappa shape index (κ3) is 5.00. The fourth-order valence-electron chi connectivity index (χ4n) is 2.29. The van der Waals surface area contributed by atoms with Gasteiger partial charge in [-0.3, -0.25) is 4.79 Å². The number of pyridine rings is 1. The molecular formula is C18H20N6OS. The van der Waals surface area contributed by atoms with Crippen LogP contribution in [0.2, 0.25) is 0 Å². The van der Waals surface area contributed by atoms with Crippen molar-refractivity contribution in [1.29, 1.82) is 0 Å². The molecule has 0 radical (unpaired) electrons. The van der Waals surface area contributed by atoms with E-state index in [0.717, 1.165) is 16.3 Å². The molecule has 3 aromatic heterocycles. The van der Waals surface area contributed by atoms with Crippen molar-refractivity contribution in [2.75, 3.05) is 23.7 Å². The van der Waals surface area contributed by atoms with Crippen molar-refractivity contribution in [3.8, 4) is 0 Å². The molecule has 3 aromatic rings. The van der Waals surface area contributed by atoms with Gasteiger partial charge < -0.3 is 16.0 Å². The lowest BCUT2D eigenvalue weighted by Crippen LogP contribution is -2.28.